The second-order valence-electron chi connectivity index (χ2n) is 8.26. The Kier molecular flexibility index (Phi) is 6.78. The predicted molar refractivity (Wildman–Crippen MR) is 116 cm³/mol. The van der Waals surface area contributed by atoms with Gasteiger partial charge in [0.2, 0.25) is 0 Å². The molecule has 2 aliphatic rings. The summed E-state index contributed by atoms with van der Waals surface area (Å²) in [6.45, 7) is 3.94. The molecular formula is C24H32N4O. The predicted octanol–water partition coefficient (Wildman–Crippen LogP) is 4.55. The Bertz CT molecular complexity index is 761. The molecule has 1 N–H and O–H groups in total. The van der Waals surface area contributed by atoms with E-state index < -0.39 is 0 Å². The minimum absolute atomic E-state index is 0.0168. The van der Waals surface area contributed by atoms with E-state index in [1.54, 1.807) is 0 Å². The van der Waals surface area contributed by atoms with Crippen LogP contribution in [0.4, 0.5) is 4.79 Å². The maximum absolute atomic E-state index is 13.5. The van der Waals surface area contributed by atoms with Crippen molar-refractivity contribution in [3.8, 4) is 0 Å². The number of aromatic nitrogens is 1. The van der Waals surface area contributed by atoms with Crippen molar-refractivity contribution in [1.29, 1.82) is 0 Å². The van der Waals surface area contributed by atoms with Gasteiger partial charge in [-0.25, -0.2) is 4.79 Å². The van der Waals surface area contributed by atoms with E-state index in [2.05, 4.69) is 56.5 Å². The lowest BCUT2D eigenvalue weighted by atomic mass is 10.0. The lowest BCUT2D eigenvalue weighted by Gasteiger charge is -2.33. The Balaban J connectivity index is 1.52. The molecule has 2 aliphatic heterocycles. The molecule has 29 heavy (non-hydrogen) atoms. The van der Waals surface area contributed by atoms with E-state index in [0.29, 0.717) is 0 Å². The molecule has 3 heterocycles. The van der Waals surface area contributed by atoms with E-state index in [1.807, 2.05) is 18.5 Å². The van der Waals surface area contributed by atoms with E-state index in [4.69, 9.17) is 0 Å². The normalized spacial score (nSPS) is 21.5. The van der Waals surface area contributed by atoms with Crippen LogP contribution >= 0.6 is 0 Å². The molecule has 2 atom stereocenters. The number of carbonyl (C=O) groups excluding carboxylic acids is 1. The molecule has 2 fully saturated rings. The van der Waals surface area contributed by atoms with Crippen molar-refractivity contribution in [2.75, 3.05) is 26.2 Å². The molecule has 0 radical (unpaired) electrons. The minimum Gasteiger partial charge on any atom is -0.330 e. The number of hydrogen-bond donors (Lipinski definition) is 1. The maximum Gasteiger partial charge on any atom is 0.318 e. The highest BCUT2D eigenvalue weighted by molar-refractivity contribution is 5.75. The van der Waals surface area contributed by atoms with Crippen molar-refractivity contribution < 1.29 is 4.79 Å². The molecule has 5 nitrogen and oxygen atoms in total. The zero-order valence-electron chi connectivity index (χ0n) is 17.2. The second-order valence-corrected chi connectivity index (χ2v) is 8.26. The van der Waals surface area contributed by atoms with Gasteiger partial charge in [0, 0.05) is 25.5 Å². The maximum atomic E-state index is 13.5. The van der Waals surface area contributed by atoms with Gasteiger partial charge in [0.1, 0.15) is 0 Å². The number of carbonyl (C=O) groups is 1. The first kappa shape index (κ1) is 19.9. The number of rotatable bonds is 5. The number of hydrogen-bond acceptors (Lipinski definition) is 3. The molecule has 2 amide bonds. The summed E-state index contributed by atoms with van der Waals surface area (Å²) < 4.78 is 0. The van der Waals surface area contributed by atoms with Gasteiger partial charge in [-0.1, -0.05) is 43.2 Å². The number of nitrogens with one attached hydrogen (secondary N) is 1. The number of amides is 2. The van der Waals surface area contributed by atoms with Gasteiger partial charge in [0.15, 0.2) is 0 Å². The fraction of sp³-hybridized carbons (Fsp3) is 0.500. The molecule has 2 unspecified atom stereocenters. The van der Waals surface area contributed by atoms with Gasteiger partial charge < -0.3 is 15.1 Å². The van der Waals surface area contributed by atoms with Gasteiger partial charge in [-0.2, -0.15) is 0 Å². The number of pyridine rings is 1. The SMILES string of the molecule is O=C(NC(CN1CCCC1)c1ccccc1)N1CCCCCC1c1ccncc1. The van der Waals surface area contributed by atoms with Crippen LogP contribution in [-0.2, 0) is 0 Å². The Morgan fingerprint density at radius 2 is 1.69 bits per heavy atom. The van der Waals surface area contributed by atoms with Crippen molar-refractivity contribution in [2.45, 2.75) is 50.6 Å². The largest absolute Gasteiger partial charge is 0.330 e. The smallest absolute Gasteiger partial charge is 0.318 e. The summed E-state index contributed by atoms with van der Waals surface area (Å²) in [5.41, 5.74) is 2.37. The zero-order valence-corrected chi connectivity index (χ0v) is 17.2. The van der Waals surface area contributed by atoms with Crippen molar-refractivity contribution in [2.24, 2.45) is 0 Å². The Morgan fingerprint density at radius 3 is 2.45 bits per heavy atom. The molecule has 1 aromatic heterocycles. The van der Waals surface area contributed by atoms with Gasteiger partial charge in [0.05, 0.1) is 12.1 Å². The number of likely N-dealkylation sites (tertiary alicyclic amines) is 2. The van der Waals surface area contributed by atoms with E-state index in [1.165, 1.54) is 30.4 Å². The number of benzene rings is 1. The Labute approximate surface area is 174 Å². The van der Waals surface area contributed by atoms with Crippen molar-refractivity contribution in [3.05, 3.63) is 66.0 Å². The van der Waals surface area contributed by atoms with Crippen LogP contribution in [-0.4, -0.2) is 47.0 Å². The van der Waals surface area contributed by atoms with E-state index in [0.717, 1.165) is 45.4 Å². The van der Waals surface area contributed by atoms with Crippen LogP contribution < -0.4 is 5.32 Å². The van der Waals surface area contributed by atoms with E-state index in [-0.39, 0.29) is 18.1 Å². The zero-order chi connectivity index (χ0) is 19.9. The second kappa shape index (κ2) is 9.88. The van der Waals surface area contributed by atoms with Gasteiger partial charge in [-0.05, 0) is 62.0 Å². The van der Waals surface area contributed by atoms with Crippen LogP contribution in [0.3, 0.4) is 0 Å². The summed E-state index contributed by atoms with van der Waals surface area (Å²) in [5.74, 6) is 0. The molecule has 0 bridgehead atoms. The highest BCUT2D eigenvalue weighted by atomic mass is 16.2. The third-order valence-corrected chi connectivity index (χ3v) is 6.24. The molecule has 1 aromatic carbocycles. The third-order valence-electron chi connectivity index (χ3n) is 6.24. The summed E-state index contributed by atoms with van der Waals surface area (Å²) in [6, 6.07) is 14.7. The average molecular weight is 393 g/mol. The van der Waals surface area contributed by atoms with E-state index in [9.17, 15) is 4.79 Å². The van der Waals surface area contributed by atoms with Crippen LogP contribution in [0.25, 0.3) is 0 Å². The first-order valence-corrected chi connectivity index (χ1v) is 11.1. The standard InChI is InChI=1S/C24H32N4O/c29-24(28-18-6-2-5-11-23(28)21-12-14-25-15-13-21)26-22(19-27-16-7-8-17-27)20-9-3-1-4-10-20/h1,3-4,9-10,12-15,22-23H,2,5-8,11,16-19H2,(H,26,29). The van der Waals surface area contributed by atoms with Crippen LogP contribution in [0.1, 0.15) is 61.7 Å². The molecule has 5 heteroatoms. The Hall–Kier alpha value is -2.40. The summed E-state index contributed by atoms with van der Waals surface area (Å²) in [5, 5.41) is 3.39. The quantitative estimate of drug-likeness (QED) is 0.812. The molecule has 2 saturated heterocycles. The Morgan fingerprint density at radius 1 is 0.966 bits per heavy atom. The van der Waals surface area contributed by atoms with Crippen LogP contribution in [0, 0.1) is 0 Å². The van der Waals surface area contributed by atoms with Crippen molar-refractivity contribution >= 4 is 6.03 Å². The highest BCUT2D eigenvalue weighted by Crippen LogP contribution is 2.30. The average Bonchev–Trinajstić information content (AvgIpc) is 3.16. The highest BCUT2D eigenvalue weighted by Gasteiger charge is 2.29. The van der Waals surface area contributed by atoms with Crippen molar-refractivity contribution in [1.82, 2.24) is 20.1 Å². The number of nitrogens with zero attached hydrogens (tertiary/aromatic N) is 3. The lowest BCUT2D eigenvalue weighted by molar-refractivity contribution is 0.168. The minimum atomic E-state index is 0.0168. The van der Waals surface area contributed by atoms with Gasteiger partial charge >= 0.3 is 6.03 Å². The van der Waals surface area contributed by atoms with Gasteiger partial charge in [-0.3, -0.25) is 4.98 Å². The van der Waals surface area contributed by atoms with Gasteiger partial charge in [0.25, 0.3) is 0 Å². The summed E-state index contributed by atoms with van der Waals surface area (Å²) in [4.78, 5) is 22.2. The molecule has 0 spiro atoms. The molecular weight excluding hydrogens is 360 g/mol. The fourth-order valence-electron chi connectivity index (χ4n) is 4.66. The first-order valence-electron chi connectivity index (χ1n) is 11.1. The van der Waals surface area contributed by atoms with Crippen LogP contribution in [0.15, 0.2) is 54.9 Å². The first-order chi connectivity index (χ1) is 14.3. The monoisotopic (exact) mass is 392 g/mol. The molecule has 2 aromatic rings. The topological polar surface area (TPSA) is 48.5 Å². The lowest BCUT2D eigenvalue weighted by Crippen LogP contribution is -2.46. The summed E-state index contributed by atoms with van der Waals surface area (Å²) in [7, 11) is 0. The fourth-order valence-corrected chi connectivity index (χ4v) is 4.66. The molecule has 0 aliphatic carbocycles. The summed E-state index contributed by atoms with van der Waals surface area (Å²) in [6.07, 6.45) is 10.6. The number of urea groups is 1. The molecule has 0 saturated carbocycles. The third kappa shape index (κ3) is 5.15. The molecule has 4 rings (SSSR count). The van der Waals surface area contributed by atoms with Crippen LogP contribution in [0.2, 0.25) is 0 Å². The van der Waals surface area contributed by atoms with Crippen LogP contribution in [0.5, 0.6) is 0 Å². The van der Waals surface area contributed by atoms with Gasteiger partial charge in [-0.15, -0.1) is 0 Å². The van der Waals surface area contributed by atoms with E-state index >= 15 is 0 Å². The summed E-state index contributed by atoms with van der Waals surface area (Å²) >= 11 is 0. The molecule has 154 valence electrons. The van der Waals surface area contributed by atoms with Crippen molar-refractivity contribution in [3.63, 3.8) is 0 Å².